The highest BCUT2D eigenvalue weighted by Crippen LogP contribution is 1.89. The van der Waals surface area contributed by atoms with Crippen LogP contribution in [-0.2, 0) is 14.4 Å². The van der Waals surface area contributed by atoms with E-state index in [0.29, 0.717) is 0 Å². The van der Waals surface area contributed by atoms with Gasteiger partial charge in [-0.1, -0.05) is 6.92 Å². The van der Waals surface area contributed by atoms with Crippen LogP contribution in [0.4, 0.5) is 0 Å². The van der Waals surface area contributed by atoms with E-state index in [9.17, 15) is 9.59 Å². The van der Waals surface area contributed by atoms with Gasteiger partial charge in [0.05, 0.1) is 0 Å². The van der Waals surface area contributed by atoms with Gasteiger partial charge in [0.2, 0.25) is 5.91 Å². The average Bonchev–Trinajstić information content (AvgIpc) is 2.02. The molecule has 0 aliphatic carbocycles. The third kappa shape index (κ3) is 4.64. The Hall–Kier alpha value is -1.14. The van der Waals surface area contributed by atoms with Crippen molar-refractivity contribution < 1.29 is 19.5 Å². The maximum Gasteiger partial charge on any atom is 0.332 e. The van der Waals surface area contributed by atoms with Gasteiger partial charge >= 0.3 is 5.97 Å². The van der Waals surface area contributed by atoms with Crippen LogP contribution in [0.15, 0.2) is 0 Å². The fourth-order valence-corrected chi connectivity index (χ4v) is 0.377. The van der Waals surface area contributed by atoms with Crippen molar-refractivity contribution in [2.75, 3.05) is 13.2 Å². The van der Waals surface area contributed by atoms with Gasteiger partial charge in [-0.3, -0.25) is 9.63 Å². The molecule has 1 amide bonds. The number of hydroxylamine groups is 1. The van der Waals surface area contributed by atoms with E-state index in [0.717, 1.165) is 0 Å². The van der Waals surface area contributed by atoms with E-state index in [1.54, 1.807) is 6.92 Å². The summed E-state index contributed by atoms with van der Waals surface area (Å²) in [5, 5.41) is 8.12. The molecule has 0 aromatic carbocycles. The van der Waals surface area contributed by atoms with E-state index in [4.69, 9.17) is 10.8 Å². The summed E-state index contributed by atoms with van der Waals surface area (Å²) in [6, 6.07) is 0. The first-order chi connectivity index (χ1) is 5.57. The first-order valence-electron chi connectivity index (χ1n) is 3.41. The lowest BCUT2D eigenvalue weighted by atomic mass is 10.2. The Kier molecular flexibility index (Phi) is 4.98. The summed E-state index contributed by atoms with van der Waals surface area (Å²) in [4.78, 5) is 25.1. The van der Waals surface area contributed by atoms with Crippen LogP contribution in [0.1, 0.15) is 6.92 Å². The van der Waals surface area contributed by atoms with Crippen LogP contribution in [0.5, 0.6) is 0 Å². The van der Waals surface area contributed by atoms with E-state index < -0.39 is 18.5 Å². The molecule has 0 radical (unpaired) electrons. The zero-order valence-corrected chi connectivity index (χ0v) is 6.74. The molecule has 0 saturated carbocycles. The minimum absolute atomic E-state index is 0.197. The summed E-state index contributed by atoms with van der Waals surface area (Å²) in [6.45, 7) is 1.25. The second-order valence-corrected chi connectivity index (χ2v) is 2.29. The summed E-state index contributed by atoms with van der Waals surface area (Å²) in [6.07, 6.45) is 0. The number of hydrogen-bond donors (Lipinski definition) is 3. The minimum atomic E-state index is -1.14. The van der Waals surface area contributed by atoms with Crippen LogP contribution in [0.25, 0.3) is 0 Å². The van der Waals surface area contributed by atoms with E-state index in [1.165, 1.54) is 0 Å². The molecule has 0 fully saturated rings. The Morgan fingerprint density at radius 3 is 2.67 bits per heavy atom. The number of aliphatic carboxylic acids is 1. The number of hydrogen-bond acceptors (Lipinski definition) is 4. The van der Waals surface area contributed by atoms with Gasteiger partial charge in [0.25, 0.3) is 0 Å². The average molecular weight is 176 g/mol. The number of amides is 1. The summed E-state index contributed by atoms with van der Waals surface area (Å²) in [5.41, 5.74) is 7.14. The Labute approximate surface area is 69.6 Å². The molecular formula is C6H12N2O4. The number of carboxylic acids is 1. The Morgan fingerprint density at radius 1 is 1.67 bits per heavy atom. The molecule has 0 bridgehead atoms. The largest absolute Gasteiger partial charge is 0.479 e. The van der Waals surface area contributed by atoms with E-state index in [-0.39, 0.29) is 12.5 Å². The van der Waals surface area contributed by atoms with Crippen molar-refractivity contribution in [3.8, 4) is 0 Å². The molecule has 0 aliphatic heterocycles. The maximum absolute atomic E-state index is 10.8. The molecule has 4 N–H and O–H groups in total. The zero-order valence-electron chi connectivity index (χ0n) is 6.74. The molecular weight excluding hydrogens is 164 g/mol. The van der Waals surface area contributed by atoms with Crippen molar-refractivity contribution in [3.63, 3.8) is 0 Å². The fraction of sp³-hybridized carbons (Fsp3) is 0.667. The SMILES string of the molecule is CC(CN)C(=O)NOCC(=O)O. The van der Waals surface area contributed by atoms with Gasteiger partial charge in [-0.15, -0.1) is 0 Å². The van der Waals surface area contributed by atoms with Crippen LogP contribution in [0, 0.1) is 5.92 Å². The second kappa shape index (κ2) is 5.50. The number of nitrogens with two attached hydrogens (primary N) is 1. The lowest BCUT2D eigenvalue weighted by molar-refractivity contribution is -0.150. The maximum atomic E-state index is 10.8. The summed E-state index contributed by atoms with van der Waals surface area (Å²) in [7, 11) is 0. The van der Waals surface area contributed by atoms with Gasteiger partial charge in [0.15, 0.2) is 6.61 Å². The molecule has 0 spiro atoms. The Bertz CT molecular complexity index is 171. The van der Waals surface area contributed by atoms with Gasteiger partial charge < -0.3 is 10.8 Å². The van der Waals surface area contributed by atoms with Crippen molar-refractivity contribution in [1.29, 1.82) is 0 Å². The summed E-state index contributed by atoms with van der Waals surface area (Å²) < 4.78 is 0. The predicted octanol–water partition coefficient (Wildman–Crippen LogP) is -1.29. The fourth-order valence-electron chi connectivity index (χ4n) is 0.377. The number of rotatable bonds is 5. The Balaban J connectivity index is 3.50. The molecule has 12 heavy (non-hydrogen) atoms. The van der Waals surface area contributed by atoms with Crippen molar-refractivity contribution >= 4 is 11.9 Å². The molecule has 1 unspecified atom stereocenters. The number of carboxylic acid groups (broad SMARTS) is 1. The highest BCUT2D eigenvalue weighted by Gasteiger charge is 2.10. The molecule has 6 heteroatoms. The minimum Gasteiger partial charge on any atom is -0.479 e. The molecule has 0 saturated heterocycles. The molecule has 0 aromatic heterocycles. The van der Waals surface area contributed by atoms with Crippen LogP contribution >= 0.6 is 0 Å². The molecule has 1 atom stereocenters. The topological polar surface area (TPSA) is 102 Å². The van der Waals surface area contributed by atoms with Crippen LogP contribution in [0.3, 0.4) is 0 Å². The van der Waals surface area contributed by atoms with Crippen LogP contribution in [-0.4, -0.2) is 30.1 Å². The van der Waals surface area contributed by atoms with Gasteiger partial charge in [0.1, 0.15) is 0 Å². The predicted molar refractivity (Wildman–Crippen MR) is 39.9 cm³/mol. The van der Waals surface area contributed by atoms with Crippen molar-refractivity contribution in [1.82, 2.24) is 5.48 Å². The summed E-state index contributed by atoms with van der Waals surface area (Å²) in [5.74, 6) is -1.94. The Morgan fingerprint density at radius 2 is 2.25 bits per heavy atom. The smallest absolute Gasteiger partial charge is 0.332 e. The molecule has 70 valence electrons. The lowest BCUT2D eigenvalue weighted by Gasteiger charge is -2.07. The van der Waals surface area contributed by atoms with E-state index >= 15 is 0 Å². The lowest BCUT2D eigenvalue weighted by Crippen LogP contribution is -2.34. The quantitative estimate of drug-likeness (QED) is 0.452. The van der Waals surface area contributed by atoms with Crippen LogP contribution in [0.2, 0.25) is 0 Å². The number of nitrogens with one attached hydrogen (secondary N) is 1. The van der Waals surface area contributed by atoms with Gasteiger partial charge in [-0.25, -0.2) is 10.3 Å². The summed E-state index contributed by atoms with van der Waals surface area (Å²) >= 11 is 0. The van der Waals surface area contributed by atoms with Crippen LogP contribution < -0.4 is 11.2 Å². The van der Waals surface area contributed by atoms with Crippen molar-refractivity contribution in [2.24, 2.45) is 11.7 Å². The van der Waals surface area contributed by atoms with Gasteiger partial charge in [0, 0.05) is 12.5 Å². The molecule has 6 nitrogen and oxygen atoms in total. The van der Waals surface area contributed by atoms with E-state index in [1.807, 2.05) is 5.48 Å². The monoisotopic (exact) mass is 176 g/mol. The highest BCUT2D eigenvalue weighted by atomic mass is 16.7. The first-order valence-corrected chi connectivity index (χ1v) is 3.41. The molecule has 0 rings (SSSR count). The van der Waals surface area contributed by atoms with Crippen molar-refractivity contribution in [3.05, 3.63) is 0 Å². The molecule has 0 aliphatic rings. The molecule has 0 aromatic rings. The standard InChI is InChI=1S/C6H12N2O4/c1-4(2-7)6(11)8-12-3-5(9)10/h4H,2-3,7H2,1H3,(H,8,11)(H,9,10). The van der Waals surface area contributed by atoms with Crippen molar-refractivity contribution in [2.45, 2.75) is 6.92 Å². The number of carbonyl (C=O) groups excluding carboxylic acids is 1. The van der Waals surface area contributed by atoms with Gasteiger partial charge in [-0.2, -0.15) is 0 Å². The zero-order chi connectivity index (χ0) is 9.56. The number of carbonyl (C=O) groups is 2. The van der Waals surface area contributed by atoms with Gasteiger partial charge in [-0.05, 0) is 0 Å². The highest BCUT2D eigenvalue weighted by molar-refractivity contribution is 5.77. The first kappa shape index (κ1) is 10.9. The third-order valence-corrected chi connectivity index (χ3v) is 1.17. The second-order valence-electron chi connectivity index (χ2n) is 2.29. The third-order valence-electron chi connectivity index (χ3n) is 1.17. The molecule has 0 heterocycles. The normalized spacial score (nSPS) is 12.2. The van der Waals surface area contributed by atoms with E-state index in [2.05, 4.69) is 4.84 Å².